The maximum atomic E-state index is 4.72. The Bertz CT molecular complexity index is 2320. The van der Waals surface area contributed by atoms with Crippen LogP contribution in [0.15, 0.2) is 158 Å². The summed E-state index contributed by atoms with van der Waals surface area (Å²) in [6.07, 6.45) is 20.1. The molecule has 0 radical (unpaired) electrons. The number of para-hydroxylation sites is 3. The van der Waals surface area contributed by atoms with E-state index in [4.69, 9.17) is 4.98 Å². The minimum atomic E-state index is -0.0214. The van der Waals surface area contributed by atoms with Crippen LogP contribution < -0.4 is 4.90 Å². The summed E-state index contributed by atoms with van der Waals surface area (Å²) in [6, 6.07) is 56.3. The van der Waals surface area contributed by atoms with Gasteiger partial charge in [-0.25, -0.2) is 0 Å². The zero-order chi connectivity index (χ0) is 39.6. The third kappa shape index (κ3) is 8.39. The molecular formula is C56H60N2. The van der Waals surface area contributed by atoms with Gasteiger partial charge in [-0.1, -0.05) is 182 Å². The number of nitrogens with zero attached hydrogens (tertiary/aromatic N) is 2. The van der Waals surface area contributed by atoms with Gasteiger partial charge in [0.05, 0.1) is 5.52 Å². The highest BCUT2D eigenvalue weighted by molar-refractivity contribution is 5.96. The second-order valence-corrected chi connectivity index (χ2v) is 16.6. The first-order valence-corrected chi connectivity index (χ1v) is 22.3. The maximum absolute atomic E-state index is 4.72. The van der Waals surface area contributed by atoms with Gasteiger partial charge in [-0.15, -0.1) is 0 Å². The lowest BCUT2D eigenvalue weighted by Gasteiger charge is -2.33. The van der Waals surface area contributed by atoms with E-state index in [1.807, 2.05) is 6.20 Å². The van der Waals surface area contributed by atoms with Crippen LogP contribution >= 0.6 is 0 Å². The SMILES string of the molecule is CCCCCCCCC1(CCCCCCCC)c2cc(-c3ccc(N(c4ccccc4)c4ccccc4)cc3)ccc2-c2ccc(-c3ccnc4ccccc34)cc21. The number of unbranched alkanes of at least 4 members (excludes halogenated alkanes) is 10. The monoisotopic (exact) mass is 760 g/mol. The van der Waals surface area contributed by atoms with Crippen molar-refractivity contribution in [2.75, 3.05) is 4.90 Å². The minimum absolute atomic E-state index is 0.0214. The molecule has 8 rings (SSSR count). The van der Waals surface area contributed by atoms with Gasteiger partial charge in [0.1, 0.15) is 0 Å². The number of pyridine rings is 1. The molecule has 6 aromatic carbocycles. The van der Waals surface area contributed by atoms with Gasteiger partial charge in [0.25, 0.3) is 0 Å². The van der Waals surface area contributed by atoms with Crippen molar-refractivity contribution in [1.82, 2.24) is 4.98 Å². The summed E-state index contributed by atoms with van der Waals surface area (Å²) < 4.78 is 0. The van der Waals surface area contributed by atoms with Gasteiger partial charge in [-0.05, 0) is 118 Å². The molecule has 0 spiro atoms. The quantitative estimate of drug-likeness (QED) is 0.0763. The van der Waals surface area contributed by atoms with E-state index in [-0.39, 0.29) is 5.41 Å². The van der Waals surface area contributed by atoms with Crippen LogP contribution in [-0.4, -0.2) is 4.98 Å². The summed E-state index contributed by atoms with van der Waals surface area (Å²) in [4.78, 5) is 7.07. The summed E-state index contributed by atoms with van der Waals surface area (Å²) >= 11 is 0. The number of benzene rings is 6. The molecule has 0 amide bonds. The van der Waals surface area contributed by atoms with Crippen LogP contribution in [0.1, 0.15) is 115 Å². The van der Waals surface area contributed by atoms with Gasteiger partial charge in [-0.2, -0.15) is 0 Å². The second kappa shape index (κ2) is 18.9. The van der Waals surface area contributed by atoms with Crippen molar-refractivity contribution in [3.8, 4) is 33.4 Å². The molecule has 0 bridgehead atoms. The molecule has 7 aromatic rings. The fourth-order valence-electron chi connectivity index (χ4n) is 9.67. The molecule has 0 saturated carbocycles. The van der Waals surface area contributed by atoms with Gasteiger partial charge in [0.15, 0.2) is 0 Å². The summed E-state index contributed by atoms with van der Waals surface area (Å²) in [5.41, 5.74) is 15.6. The lowest BCUT2D eigenvalue weighted by molar-refractivity contribution is 0.398. The molecule has 2 heteroatoms. The van der Waals surface area contributed by atoms with Gasteiger partial charge < -0.3 is 4.90 Å². The Balaban J connectivity index is 1.20. The highest BCUT2D eigenvalue weighted by Crippen LogP contribution is 2.56. The molecule has 1 aromatic heterocycles. The molecule has 58 heavy (non-hydrogen) atoms. The summed E-state index contributed by atoms with van der Waals surface area (Å²) in [5.74, 6) is 0. The standard InChI is InChI=1S/C56H60N2/c1-3-5-7-9-11-21-38-56(39-22-12-10-8-6-4-2)53-41-44(43-29-33-48(34-30-43)58(46-23-15-13-16-24-46)47-25-17-14-18-26-47)31-35-50(53)51-36-32-45(42-54(51)56)49-37-40-57-55-28-20-19-27-52(49)55/h13-20,23-37,40-42H,3-12,21-22,38-39H2,1-2H3. The van der Waals surface area contributed by atoms with Crippen molar-refractivity contribution < 1.29 is 0 Å². The molecule has 0 unspecified atom stereocenters. The van der Waals surface area contributed by atoms with Crippen LogP contribution in [0.3, 0.4) is 0 Å². The highest BCUT2D eigenvalue weighted by atomic mass is 15.1. The van der Waals surface area contributed by atoms with Crippen molar-refractivity contribution in [1.29, 1.82) is 0 Å². The van der Waals surface area contributed by atoms with Crippen LogP contribution in [0, 0.1) is 0 Å². The van der Waals surface area contributed by atoms with Crippen LogP contribution in [0.5, 0.6) is 0 Å². The van der Waals surface area contributed by atoms with Crippen molar-refractivity contribution in [3.63, 3.8) is 0 Å². The van der Waals surface area contributed by atoms with Crippen molar-refractivity contribution in [3.05, 3.63) is 169 Å². The Kier molecular flexibility index (Phi) is 12.8. The van der Waals surface area contributed by atoms with Gasteiger partial charge in [0.2, 0.25) is 0 Å². The molecule has 294 valence electrons. The second-order valence-electron chi connectivity index (χ2n) is 16.6. The van der Waals surface area contributed by atoms with E-state index in [2.05, 4.69) is 170 Å². The first kappa shape index (κ1) is 39.4. The Morgan fingerprint density at radius 2 is 0.897 bits per heavy atom. The molecule has 1 aliphatic carbocycles. The van der Waals surface area contributed by atoms with Crippen LogP contribution in [-0.2, 0) is 5.41 Å². The number of hydrogen-bond acceptors (Lipinski definition) is 2. The largest absolute Gasteiger partial charge is 0.311 e. The zero-order valence-corrected chi connectivity index (χ0v) is 34.8. The van der Waals surface area contributed by atoms with Crippen LogP contribution in [0.2, 0.25) is 0 Å². The average molecular weight is 761 g/mol. The normalized spacial score (nSPS) is 12.7. The summed E-state index contributed by atoms with van der Waals surface area (Å²) in [7, 11) is 0. The number of fused-ring (bicyclic) bond motifs is 4. The third-order valence-electron chi connectivity index (χ3n) is 12.7. The number of hydrogen-bond donors (Lipinski definition) is 0. The van der Waals surface area contributed by atoms with E-state index >= 15 is 0 Å². The summed E-state index contributed by atoms with van der Waals surface area (Å²) in [6.45, 7) is 4.64. The van der Waals surface area contributed by atoms with Crippen LogP contribution in [0.4, 0.5) is 17.1 Å². The molecule has 0 saturated heterocycles. The van der Waals surface area contributed by atoms with Gasteiger partial charge in [-0.3, -0.25) is 4.98 Å². The molecule has 1 aliphatic rings. The van der Waals surface area contributed by atoms with E-state index in [9.17, 15) is 0 Å². The molecule has 0 N–H and O–H groups in total. The number of aromatic nitrogens is 1. The Labute approximate surface area is 348 Å². The molecule has 2 nitrogen and oxygen atoms in total. The lowest BCUT2D eigenvalue weighted by atomic mass is 9.70. The van der Waals surface area contributed by atoms with Gasteiger partial charge >= 0.3 is 0 Å². The van der Waals surface area contributed by atoms with E-state index in [1.54, 1.807) is 0 Å². The minimum Gasteiger partial charge on any atom is -0.311 e. The fourth-order valence-corrected chi connectivity index (χ4v) is 9.67. The highest BCUT2D eigenvalue weighted by Gasteiger charge is 2.42. The van der Waals surface area contributed by atoms with Crippen molar-refractivity contribution in [2.24, 2.45) is 0 Å². The topological polar surface area (TPSA) is 16.1 Å². The van der Waals surface area contributed by atoms with E-state index < -0.39 is 0 Å². The molecule has 0 fully saturated rings. The predicted molar refractivity (Wildman–Crippen MR) is 249 cm³/mol. The first-order valence-electron chi connectivity index (χ1n) is 22.3. The van der Waals surface area contributed by atoms with E-state index in [1.165, 1.54) is 140 Å². The van der Waals surface area contributed by atoms with Crippen molar-refractivity contribution >= 4 is 28.0 Å². The zero-order valence-electron chi connectivity index (χ0n) is 34.8. The third-order valence-corrected chi connectivity index (χ3v) is 12.7. The molecule has 0 aliphatic heterocycles. The molecular weight excluding hydrogens is 701 g/mol. The fraction of sp³-hybridized carbons (Fsp3) is 0.304. The maximum Gasteiger partial charge on any atom is 0.0708 e. The predicted octanol–water partition coefficient (Wildman–Crippen LogP) is 16.8. The summed E-state index contributed by atoms with van der Waals surface area (Å²) in [5, 5.41) is 1.22. The Morgan fingerprint density at radius 3 is 1.50 bits per heavy atom. The first-order chi connectivity index (χ1) is 28.7. The Hall–Kier alpha value is -5.47. The lowest BCUT2D eigenvalue weighted by Crippen LogP contribution is -2.25. The van der Waals surface area contributed by atoms with E-state index in [0.29, 0.717) is 0 Å². The van der Waals surface area contributed by atoms with Crippen LogP contribution in [0.25, 0.3) is 44.3 Å². The molecule has 1 heterocycles. The van der Waals surface area contributed by atoms with Crippen molar-refractivity contribution in [2.45, 2.75) is 109 Å². The smallest absolute Gasteiger partial charge is 0.0708 e. The number of rotatable bonds is 19. The van der Waals surface area contributed by atoms with Gasteiger partial charge in [0, 0.05) is 34.1 Å². The number of anilines is 3. The average Bonchev–Trinajstić information content (AvgIpc) is 3.55. The molecule has 0 atom stereocenters. The Morgan fingerprint density at radius 1 is 0.414 bits per heavy atom. The van der Waals surface area contributed by atoms with E-state index in [0.717, 1.165) is 22.6 Å².